The van der Waals surface area contributed by atoms with Gasteiger partial charge < -0.3 is 9.36 Å². The van der Waals surface area contributed by atoms with Crippen LogP contribution in [0.3, 0.4) is 0 Å². The lowest BCUT2D eigenvalue weighted by Crippen LogP contribution is -2.29. The van der Waals surface area contributed by atoms with Crippen molar-refractivity contribution in [3.8, 4) is 11.5 Å². The molecule has 3 rings (SSSR count). The number of aromatic nitrogens is 3. The summed E-state index contributed by atoms with van der Waals surface area (Å²) >= 11 is 0. The third-order valence-electron chi connectivity index (χ3n) is 3.48. The lowest BCUT2D eigenvalue weighted by atomic mass is 10.1. The number of likely N-dealkylation sites (N-methyl/N-ethyl adjacent to an activating group) is 1. The topological polar surface area (TPSA) is 76.6 Å². The first-order valence-corrected chi connectivity index (χ1v) is 7.38. The molecule has 7 heteroatoms. The Morgan fingerprint density at radius 2 is 2.27 bits per heavy atom. The van der Waals surface area contributed by atoms with Gasteiger partial charge in [-0.3, -0.25) is 9.88 Å². The van der Waals surface area contributed by atoms with E-state index in [1.54, 1.807) is 6.20 Å². The normalized spacial score (nSPS) is 17.6. The Bertz CT molecular complexity index is 640. The van der Waals surface area contributed by atoms with Gasteiger partial charge in [0.2, 0.25) is 11.7 Å². The molecule has 3 heterocycles. The number of pyridine rings is 1. The fraction of sp³-hybridized carbons (Fsp3) is 0.467. The summed E-state index contributed by atoms with van der Waals surface area (Å²) in [6.45, 7) is 3.43. The van der Waals surface area contributed by atoms with Gasteiger partial charge in [-0.1, -0.05) is 23.3 Å². The van der Waals surface area contributed by atoms with Crippen LogP contribution < -0.4 is 0 Å². The van der Waals surface area contributed by atoms with Gasteiger partial charge >= 0.3 is 0 Å². The maximum Gasteiger partial charge on any atom is 0.241 e. The van der Waals surface area contributed by atoms with Crippen molar-refractivity contribution in [2.45, 2.75) is 32.4 Å². The Labute approximate surface area is 129 Å². The predicted octanol–water partition coefficient (Wildman–Crippen LogP) is 2.12. The molecule has 2 aromatic heterocycles. The third kappa shape index (κ3) is 3.48. The van der Waals surface area contributed by atoms with Gasteiger partial charge in [0.25, 0.3) is 0 Å². The Morgan fingerprint density at radius 3 is 3.00 bits per heavy atom. The number of hydrogen-bond acceptors (Lipinski definition) is 7. The molecule has 0 fully saturated rings. The van der Waals surface area contributed by atoms with Crippen LogP contribution >= 0.6 is 0 Å². The molecule has 7 nitrogen and oxygen atoms in total. The van der Waals surface area contributed by atoms with Gasteiger partial charge in [-0.05, 0) is 25.6 Å². The lowest BCUT2D eigenvalue weighted by molar-refractivity contribution is 0.0553. The molecule has 0 radical (unpaired) electrons. The van der Waals surface area contributed by atoms with Crippen LogP contribution in [-0.4, -0.2) is 45.4 Å². The fourth-order valence-corrected chi connectivity index (χ4v) is 2.35. The van der Waals surface area contributed by atoms with Gasteiger partial charge in [0, 0.05) is 19.2 Å². The van der Waals surface area contributed by atoms with Gasteiger partial charge in [0.1, 0.15) is 11.8 Å². The smallest absolute Gasteiger partial charge is 0.241 e. The van der Waals surface area contributed by atoms with E-state index in [4.69, 9.17) is 9.36 Å². The van der Waals surface area contributed by atoms with Crippen LogP contribution in [-0.2, 0) is 11.4 Å². The van der Waals surface area contributed by atoms with E-state index >= 15 is 0 Å². The first kappa shape index (κ1) is 14.6. The molecule has 1 unspecified atom stereocenters. The quantitative estimate of drug-likeness (QED) is 0.813. The zero-order valence-electron chi connectivity index (χ0n) is 12.8. The summed E-state index contributed by atoms with van der Waals surface area (Å²) in [5, 5.41) is 8.04. The minimum atomic E-state index is 0.109. The van der Waals surface area contributed by atoms with Crippen LogP contribution in [0.4, 0.5) is 0 Å². The summed E-state index contributed by atoms with van der Waals surface area (Å²) in [5.41, 5.74) is 1.83. The zero-order chi connectivity index (χ0) is 15.4. The second kappa shape index (κ2) is 6.65. The van der Waals surface area contributed by atoms with E-state index in [0.717, 1.165) is 25.1 Å². The van der Waals surface area contributed by atoms with Crippen molar-refractivity contribution < 1.29 is 9.36 Å². The van der Waals surface area contributed by atoms with E-state index in [0.29, 0.717) is 24.0 Å². The van der Waals surface area contributed by atoms with Gasteiger partial charge in [-0.2, -0.15) is 4.98 Å². The highest BCUT2D eigenvalue weighted by Gasteiger charge is 2.22. The molecular formula is C15H19N5O2. The molecule has 1 aliphatic rings. The van der Waals surface area contributed by atoms with Gasteiger partial charge in [-0.25, -0.2) is 0 Å². The van der Waals surface area contributed by atoms with Crippen molar-refractivity contribution in [1.29, 1.82) is 0 Å². The molecule has 2 aromatic rings. The Kier molecular flexibility index (Phi) is 4.43. The second-order valence-electron chi connectivity index (χ2n) is 5.37. The minimum Gasteiger partial charge on any atom is -0.391 e. The summed E-state index contributed by atoms with van der Waals surface area (Å²) in [7, 11) is 2.00. The molecule has 1 aliphatic heterocycles. The first-order chi connectivity index (χ1) is 10.7. The largest absolute Gasteiger partial charge is 0.391 e. The van der Waals surface area contributed by atoms with Gasteiger partial charge in [0.05, 0.1) is 12.3 Å². The van der Waals surface area contributed by atoms with Gasteiger partial charge in [-0.15, -0.1) is 0 Å². The molecule has 0 amide bonds. The Hall–Kier alpha value is -2.28. The molecule has 0 N–H and O–H groups in total. The van der Waals surface area contributed by atoms with E-state index in [-0.39, 0.29) is 6.10 Å². The molecule has 0 aromatic carbocycles. The van der Waals surface area contributed by atoms with Crippen LogP contribution in [0.25, 0.3) is 11.5 Å². The molecule has 116 valence electrons. The SMILES string of the molecule is CCC1=NOC(CN(C)Cc2nc(-c3ccccn3)no2)C1. The van der Waals surface area contributed by atoms with Crippen LogP contribution in [0, 0.1) is 0 Å². The highest BCUT2D eigenvalue weighted by Crippen LogP contribution is 2.16. The van der Waals surface area contributed by atoms with E-state index in [2.05, 4.69) is 32.1 Å². The molecule has 22 heavy (non-hydrogen) atoms. The molecule has 0 saturated heterocycles. The number of oxime groups is 1. The monoisotopic (exact) mass is 301 g/mol. The van der Waals surface area contributed by atoms with Crippen LogP contribution in [0.15, 0.2) is 34.1 Å². The summed E-state index contributed by atoms with van der Waals surface area (Å²) in [6, 6.07) is 5.61. The van der Waals surface area contributed by atoms with Crippen molar-refractivity contribution in [3.63, 3.8) is 0 Å². The summed E-state index contributed by atoms with van der Waals surface area (Å²) < 4.78 is 5.28. The molecule has 0 bridgehead atoms. The van der Waals surface area contributed by atoms with E-state index in [1.165, 1.54) is 0 Å². The minimum absolute atomic E-state index is 0.109. The van der Waals surface area contributed by atoms with Crippen LogP contribution in [0.1, 0.15) is 25.7 Å². The van der Waals surface area contributed by atoms with E-state index in [1.807, 2.05) is 25.2 Å². The summed E-state index contributed by atoms with van der Waals surface area (Å²) in [5.74, 6) is 1.08. The summed E-state index contributed by atoms with van der Waals surface area (Å²) in [4.78, 5) is 16.1. The van der Waals surface area contributed by atoms with E-state index in [9.17, 15) is 0 Å². The number of nitrogens with zero attached hydrogens (tertiary/aromatic N) is 5. The molecule has 0 aliphatic carbocycles. The number of hydrogen-bond donors (Lipinski definition) is 0. The highest BCUT2D eigenvalue weighted by molar-refractivity contribution is 5.85. The zero-order valence-corrected chi connectivity index (χ0v) is 12.8. The molecule has 0 saturated carbocycles. The predicted molar refractivity (Wildman–Crippen MR) is 81.1 cm³/mol. The lowest BCUT2D eigenvalue weighted by Gasteiger charge is -2.17. The maximum absolute atomic E-state index is 5.41. The number of rotatable bonds is 6. The third-order valence-corrected chi connectivity index (χ3v) is 3.48. The van der Waals surface area contributed by atoms with Crippen molar-refractivity contribution in [2.75, 3.05) is 13.6 Å². The Balaban J connectivity index is 1.54. The molecular weight excluding hydrogens is 282 g/mol. The molecule has 1 atom stereocenters. The average Bonchev–Trinajstić information content (AvgIpc) is 3.17. The first-order valence-electron chi connectivity index (χ1n) is 7.38. The van der Waals surface area contributed by atoms with Crippen LogP contribution in [0.2, 0.25) is 0 Å². The summed E-state index contributed by atoms with van der Waals surface area (Å²) in [6.07, 6.45) is 3.65. The van der Waals surface area contributed by atoms with Crippen molar-refractivity contribution in [1.82, 2.24) is 20.0 Å². The average molecular weight is 301 g/mol. The van der Waals surface area contributed by atoms with Crippen molar-refractivity contribution in [3.05, 3.63) is 30.3 Å². The Morgan fingerprint density at radius 1 is 1.36 bits per heavy atom. The molecule has 0 spiro atoms. The standard InChI is InChI=1S/C15H19N5O2/c1-3-11-8-12(21-18-11)9-20(2)10-14-17-15(19-22-14)13-6-4-5-7-16-13/h4-7,12H,3,8-10H2,1-2H3. The van der Waals surface area contributed by atoms with Crippen LogP contribution in [0.5, 0.6) is 0 Å². The van der Waals surface area contributed by atoms with Gasteiger partial charge in [0.15, 0.2) is 0 Å². The highest BCUT2D eigenvalue weighted by atomic mass is 16.6. The fourth-order valence-electron chi connectivity index (χ4n) is 2.35. The second-order valence-corrected chi connectivity index (χ2v) is 5.37. The van der Waals surface area contributed by atoms with E-state index < -0.39 is 0 Å². The van der Waals surface area contributed by atoms with Crippen molar-refractivity contribution in [2.24, 2.45) is 5.16 Å². The maximum atomic E-state index is 5.41. The van der Waals surface area contributed by atoms with Crippen molar-refractivity contribution >= 4 is 5.71 Å².